The van der Waals surface area contributed by atoms with Crippen LogP contribution in [0, 0.1) is 0 Å². The lowest BCUT2D eigenvalue weighted by Gasteiger charge is -2.05. The summed E-state index contributed by atoms with van der Waals surface area (Å²) in [6, 6.07) is 0. The molecule has 0 aliphatic carbocycles. The quantitative estimate of drug-likeness (QED) is 0.278. The van der Waals surface area contributed by atoms with Crippen LogP contribution < -0.4 is 11.5 Å². The number of ether oxygens (including phenoxy) is 2. The molecule has 0 aromatic carbocycles. The van der Waals surface area contributed by atoms with Crippen LogP contribution in [0.4, 0.5) is 0 Å². The number of hydrogen-bond donors (Lipinski definition) is 2. The smallest absolute Gasteiger partial charge is 0.0717 e. The molecule has 2 rings (SSSR count). The van der Waals surface area contributed by atoms with E-state index >= 15 is 0 Å². The molecule has 0 aromatic heterocycles. The van der Waals surface area contributed by atoms with Gasteiger partial charge in [-0.2, -0.15) is 0 Å². The summed E-state index contributed by atoms with van der Waals surface area (Å²) in [7, 11) is 0. The Morgan fingerprint density at radius 1 is 0.643 bits per heavy atom. The van der Waals surface area contributed by atoms with Crippen LogP contribution in [0.25, 0.3) is 0 Å². The van der Waals surface area contributed by atoms with Crippen molar-refractivity contribution in [3.05, 3.63) is 25.4 Å². The van der Waals surface area contributed by atoms with Crippen molar-refractivity contribution in [2.24, 2.45) is 11.5 Å². The van der Waals surface area contributed by atoms with E-state index in [1.165, 1.54) is 25.4 Å². The van der Waals surface area contributed by atoms with Gasteiger partial charge in [0.05, 0.1) is 51.9 Å². The van der Waals surface area contributed by atoms with E-state index in [-0.39, 0.29) is 0 Å². The molecule has 2 heterocycles. The Labute approximate surface area is 202 Å². The Balaban J connectivity index is 1.87. The number of hydrogen-bond acceptors (Lipinski definition) is 12. The zero-order chi connectivity index (χ0) is 20.2. The maximum atomic E-state index is 5.50. The summed E-state index contributed by atoms with van der Waals surface area (Å²) in [5.41, 5.74) is 10.9. The van der Waals surface area contributed by atoms with Crippen molar-refractivity contribution in [1.82, 2.24) is 0 Å². The third-order valence-electron chi connectivity index (χ3n) is 3.06. The first-order valence-corrected chi connectivity index (χ1v) is 16.3. The maximum absolute atomic E-state index is 5.50. The Morgan fingerprint density at radius 3 is 1.39 bits per heavy atom. The summed E-state index contributed by atoms with van der Waals surface area (Å²) in [6.45, 7) is 3.95. The number of thioether (sulfide) groups is 8. The average molecular weight is 535 g/mol. The van der Waals surface area contributed by atoms with Gasteiger partial charge in [0.15, 0.2) is 0 Å². The summed E-state index contributed by atoms with van der Waals surface area (Å²) in [5, 5.41) is 0. The third kappa shape index (κ3) is 8.78. The molecule has 2 aliphatic rings. The van der Waals surface area contributed by atoms with Crippen LogP contribution in [0.15, 0.2) is 25.4 Å². The van der Waals surface area contributed by atoms with E-state index in [1.54, 1.807) is 0 Å². The highest BCUT2D eigenvalue weighted by atomic mass is 32.3. The molecule has 0 saturated heterocycles. The normalized spacial score (nSPS) is 20.1. The predicted molar refractivity (Wildman–Crippen MR) is 143 cm³/mol. The van der Waals surface area contributed by atoms with E-state index in [0.717, 1.165) is 24.7 Å². The van der Waals surface area contributed by atoms with Gasteiger partial charge in [0.25, 0.3) is 0 Å². The molecule has 0 spiro atoms. The molecule has 2 aliphatic heterocycles. The second-order valence-corrected chi connectivity index (χ2v) is 14.5. The lowest BCUT2D eigenvalue weighted by Crippen LogP contribution is -2.09. The van der Waals surface area contributed by atoms with Crippen LogP contribution in [0.2, 0.25) is 0 Å². The van der Waals surface area contributed by atoms with E-state index in [0.29, 0.717) is 26.3 Å². The first-order valence-electron chi connectivity index (χ1n) is 8.56. The van der Waals surface area contributed by atoms with E-state index in [2.05, 4.69) is 12.5 Å². The first-order chi connectivity index (χ1) is 13.7. The molecule has 0 atom stereocenters. The van der Waals surface area contributed by atoms with Crippen LogP contribution in [-0.2, 0) is 9.47 Å². The first kappa shape index (κ1) is 26.1. The molecule has 0 aromatic rings. The van der Waals surface area contributed by atoms with Crippen molar-refractivity contribution >= 4 is 94.1 Å². The summed E-state index contributed by atoms with van der Waals surface area (Å²) >= 11 is 15.1. The molecule has 0 fully saturated rings. The van der Waals surface area contributed by atoms with Crippen LogP contribution >= 0.6 is 94.1 Å². The second-order valence-electron chi connectivity index (χ2n) is 5.04. The Morgan fingerprint density at radius 2 is 1.04 bits per heavy atom. The van der Waals surface area contributed by atoms with Gasteiger partial charge >= 0.3 is 0 Å². The van der Waals surface area contributed by atoms with Gasteiger partial charge in [0, 0.05) is 24.6 Å². The highest BCUT2D eigenvalue weighted by Gasteiger charge is 2.30. The van der Waals surface area contributed by atoms with Gasteiger partial charge in [-0.25, -0.2) is 0 Å². The topological polar surface area (TPSA) is 70.5 Å². The monoisotopic (exact) mass is 534 g/mol. The summed E-state index contributed by atoms with van der Waals surface area (Å²) in [6.07, 6.45) is 4.32. The van der Waals surface area contributed by atoms with Crippen molar-refractivity contribution in [3.8, 4) is 0 Å². The van der Waals surface area contributed by atoms with Gasteiger partial charge < -0.3 is 20.9 Å². The highest BCUT2D eigenvalue weighted by molar-refractivity contribution is 8.45. The van der Waals surface area contributed by atoms with Gasteiger partial charge in [-0.3, -0.25) is 0 Å². The minimum absolute atomic E-state index is 0.586. The summed E-state index contributed by atoms with van der Waals surface area (Å²) < 4.78 is 19.4. The molecule has 0 saturated carbocycles. The lowest BCUT2D eigenvalue weighted by molar-refractivity contribution is 0.158. The molecule has 4 N–H and O–H groups in total. The number of nitrogens with two attached hydrogens (primary N) is 2. The van der Waals surface area contributed by atoms with E-state index in [9.17, 15) is 0 Å². The lowest BCUT2D eigenvalue weighted by atomic mass is 10.7. The molecule has 0 bridgehead atoms. The molecule has 0 unspecified atom stereocenters. The fraction of sp³-hybridized carbons (Fsp3) is 0.625. The predicted octanol–water partition coefficient (Wildman–Crippen LogP) is 5.47. The molecule has 4 nitrogen and oxygen atoms in total. The number of rotatable bonds is 14. The minimum atomic E-state index is 0.586. The molecular weight excluding hydrogens is 509 g/mol. The van der Waals surface area contributed by atoms with Crippen molar-refractivity contribution < 1.29 is 9.47 Å². The van der Waals surface area contributed by atoms with Crippen molar-refractivity contribution in [3.63, 3.8) is 0 Å². The highest BCUT2D eigenvalue weighted by Crippen LogP contribution is 2.65. The fourth-order valence-electron chi connectivity index (χ4n) is 1.90. The molecule has 160 valence electrons. The van der Waals surface area contributed by atoms with Gasteiger partial charge in [-0.05, 0) is 12.5 Å². The standard InChI is InChI=1S/C16H26N2O2S8/c1-21-11-13(23-9-7-19-5-3-17)27-15(25-11)16-26-12(22-2)14(28-16)24-10-8-20-6-4-18/h3-10,17-18H2,1-2H3/b16-15+. The average Bonchev–Trinajstić information content (AvgIpc) is 3.31. The second kappa shape index (κ2) is 15.6. The maximum Gasteiger partial charge on any atom is 0.0717 e. The Kier molecular flexibility index (Phi) is 14.6. The Bertz CT molecular complexity index is 547. The van der Waals surface area contributed by atoms with E-state index < -0.39 is 0 Å². The summed E-state index contributed by atoms with van der Waals surface area (Å²) in [5.74, 6) is 1.93. The zero-order valence-corrected chi connectivity index (χ0v) is 22.4. The van der Waals surface area contributed by atoms with Crippen LogP contribution in [0.5, 0.6) is 0 Å². The molecule has 0 amide bonds. The molecular formula is C16H26N2O2S8. The Hall–Kier alpha value is 1.86. The van der Waals surface area contributed by atoms with Crippen LogP contribution in [-0.4, -0.2) is 63.5 Å². The van der Waals surface area contributed by atoms with Crippen LogP contribution in [0.3, 0.4) is 0 Å². The van der Waals surface area contributed by atoms with Gasteiger partial charge in [0.2, 0.25) is 0 Å². The van der Waals surface area contributed by atoms with Gasteiger partial charge in [-0.15, -0.1) is 47.0 Å². The van der Waals surface area contributed by atoms with Gasteiger partial charge in [-0.1, -0.05) is 47.0 Å². The van der Waals surface area contributed by atoms with Gasteiger partial charge in [0.1, 0.15) is 0 Å². The molecule has 12 heteroatoms. The van der Waals surface area contributed by atoms with E-state index in [1.807, 2.05) is 94.1 Å². The fourth-order valence-corrected chi connectivity index (χ4v) is 12.9. The molecule has 28 heavy (non-hydrogen) atoms. The van der Waals surface area contributed by atoms with Crippen LogP contribution in [0.1, 0.15) is 0 Å². The SMILES string of the molecule is CSC1=C(SCCOCCN)S/C(=C2\SC(SC)=C(SCCOCCN)S2)S1. The minimum Gasteiger partial charge on any atom is -0.379 e. The third-order valence-corrected chi connectivity index (χ3v) is 14.3. The summed E-state index contributed by atoms with van der Waals surface area (Å²) in [4.78, 5) is 0. The van der Waals surface area contributed by atoms with E-state index in [4.69, 9.17) is 20.9 Å². The zero-order valence-electron chi connectivity index (χ0n) is 15.9. The van der Waals surface area contributed by atoms with Crippen molar-refractivity contribution in [1.29, 1.82) is 0 Å². The van der Waals surface area contributed by atoms with Crippen molar-refractivity contribution in [2.75, 3.05) is 63.5 Å². The van der Waals surface area contributed by atoms with Crippen molar-refractivity contribution in [2.45, 2.75) is 0 Å². The molecule has 0 radical (unpaired) electrons. The largest absolute Gasteiger partial charge is 0.379 e.